The van der Waals surface area contributed by atoms with Crippen LogP contribution in [0.3, 0.4) is 0 Å². The molecule has 6 heteroatoms. The number of hydrogen-bond donors (Lipinski definition) is 2. The van der Waals surface area contributed by atoms with Crippen LogP contribution in [0.15, 0.2) is 18.2 Å². The minimum atomic E-state index is -1.04. The van der Waals surface area contributed by atoms with Gasteiger partial charge in [-0.2, -0.15) is 0 Å². The third-order valence-electron chi connectivity index (χ3n) is 1.81. The van der Waals surface area contributed by atoms with E-state index in [0.29, 0.717) is 0 Å². The van der Waals surface area contributed by atoms with Gasteiger partial charge >= 0.3 is 5.97 Å². The Labute approximate surface area is 96.0 Å². The molecular formula is C10H9ClFNO3. The van der Waals surface area contributed by atoms with Crippen LogP contribution < -0.4 is 5.32 Å². The van der Waals surface area contributed by atoms with Crippen LogP contribution in [0.1, 0.15) is 16.8 Å². The Hall–Kier alpha value is -1.62. The van der Waals surface area contributed by atoms with Crippen molar-refractivity contribution in [3.8, 4) is 0 Å². The molecule has 0 saturated carbocycles. The van der Waals surface area contributed by atoms with E-state index in [-0.39, 0.29) is 23.6 Å². The van der Waals surface area contributed by atoms with Gasteiger partial charge in [-0.1, -0.05) is 17.7 Å². The second-order valence-corrected chi connectivity index (χ2v) is 3.40. The first-order valence-electron chi connectivity index (χ1n) is 4.46. The predicted molar refractivity (Wildman–Crippen MR) is 56.0 cm³/mol. The topological polar surface area (TPSA) is 66.4 Å². The average molecular weight is 246 g/mol. The highest BCUT2D eigenvalue weighted by atomic mass is 35.5. The summed E-state index contributed by atoms with van der Waals surface area (Å²) < 4.78 is 13.2. The number of halogens is 2. The van der Waals surface area contributed by atoms with Gasteiger partial charge in [0.2, 0.25) is 0 Å². The minimum Gasteiger partial charge on any atom is -0.481 e. The Morgan fingerprint density at radius 2 is 2.12 bits per heavy atom. The summed E-state index contributed by atoms with van der Waals surface area (Å²) >= 11 is 5.65. The number of amides is 1. The van der Waals surface area contributed by atoms with Crippen molar-refractivity contribution in [1.82, 2.24) is 5.32 Å². The van der Waals surface area contributed by atoms with Crippen molar-refractivity contribution in [3.05, 3.63) is 34.6 Å². The van der Waals surface area contributed by atoms with Crippen LogP contribution in [-0.4, -0.2) is 23.5 Å². The molecule has 0 unspecified atom stereocenters. The number of carboxylic acids is 1. The van der Waals surface area contributed by atoms with E-state index in [2.05, 4.69) is 5.32 Å². The molecule has 1 amide bonds. The summed E-state index contributed by atoms with van der Waals surface area (Å²) in [5.41, 5.74) is -0.269. The van der Waals surface area contributed by atoms with E-state index in [1.54, 1.807) is 0 Å². The van der Waals surface area contributed by atoms with E-state index in [9.17, 15) is 14.0 Å². The van der Waals surface area contributed by atoms with Crippen LogP contribution in [0.4, 0.5) is 4.39 Å². The van der Waals surface area contributed by atoms with Gasteiger partial charge in [0.25, 0.3) is 5.91 Å². The quantitative estimate of drug-likeness (QED) is 0.848. The number of aliphatic carboxylic acids is 1. The van der Waals surface area contributed by atoms with Crippen molar-refractivity contribution in [1.29, 1.82) is 0 Å². The van der Waals surface area contributed by atoms with Crippen molar-refractivity contribution >= 4 is 23.5 Å². The first-order valence-corrected chi connectivity index (χ1v) is 4.84. The molecular weight excluding hydrogens is 237 g/mol. The van der Waals surface area contributed by atoms with E-state index in [1.807, 2.05) is 0 Å². The zero-order chi connectivity index (χ0) is 12.1. The highest BCUT2D eigenvalue weighted by molar-refractivity contribution is 6.33. The monoisotopic (exact) mass is 245 g/mol. The second kappa shape index (κ2) is 5.46. The number of benzene rings is 1. The molecule has 0 aliphatic rings. The Bertz CT molecular complexity index is 402. The summed E-state index contributed by atoms with van der Waals surface area (Å²) in [7, 11) is 0. The fourth-order valence-electron chi connectivity index (χ4n) is 1.09. The molecule has 4 nitrogen and oxygen atoms in total. The highest BCUT2D eigenvalue weighted by Gasteiger charge is 2.15. The Kier molecular flexibility index (Phi) is 4.25. The maximum atomic E-state index is 13.2. The molecule has 1 aromatic carbocycles. The molecule has 0 heterocycles. The number of carbonyl (C=O) groups excluding carboxylic acids is 1. The van der Waals surface area contributed by atoms with Gasteiger partial charge in [0, 0.05) is 6.54 Å². The molecule has 0 aromatic heterocycles. The van der Waals surface area contributed by atoms with Crippen LogP contribution >= 0.6 is 11.6 Å². The first-order chi connectivity index (χ1) is 7.52. The molecule has 0 atom stereocenters. The van der Waals surface area contributed by atoms with Crippen LogP contribution in [0.2, 0.25) is 5.02 Å². The molecule has 0 aliphatic carbocycles. The van der Waals surface area contributed by atoms with Crippen molar-refractivity contribution in [2.45, 2.75) is 6.42 Å². The normalized spacial score (nSPS) is 9.88. The molecule has 0 aliphatic heterocycles. The Morgan fingerprint density at radius 1 is 1.44 bits per heavy atom. The number of hydrogen-bond acceptors (Lipinski definition) is 2. The number of nitrogens with one attached hydrogen (secondary N) is 1. The van der Waals surface area contributed by atoms with Crippen molar-refractivity contribution in [2.24, 2.45) is 0 Å². The van der Waals surface area contributed by atoms with E-state index >= 15 is 0 Å². The molecule has 16 heavy (non-hydrogen) atoms. The summed E-state index contributed by atoms with van der Waals surface area (Å²) in [4.78, 5) is 21.6. The Balaban J connectivity index is 2.70. The van der Waals surface area contributed by atoms with Gasteiger partial charge in [-0.3, -0.25) is 9.59 Å². The highest BCUT2D eigenvalue weighted by Crippen LogP contribution is 2.18. The molecule has 0 saturated heterocycles. The Morgan fingerprint density at radius 3 is 2.69 bits per heavy atom. The van der Waals surface area contributed by atoms with Gasteiger partial charge in [-0.15, -0.1) is 0 Å². The molecule has 0 radical (unpaired) electrons. The largest absolute Gasteiger partial charge is 0.481 e. The van der Waals surface area contributed by atoms with E-state index in [1.165, 1.54) is 12.1 Å². The third kappa shape index (κ3) is 3.20. The van der Waals surface area contributed by atoms with Crippen LogP contribution in [0, 0.1) is 5.82 Å². The van der Waals surface area contributed by atoms with Gasteiger partial charge in [0.1, 0.15) is 5.82 Å². The zero-order valence-electron chi connectivity index (χ0n) is 8.17. The van der Waals surface area contributed by atoms with Crippen molar-refractivity contribution in [3.63, 3.8) is 0 Å². The van der Waals surface area contributed by atoms with Crippen molar-refractivity contribution < 1.29 is 19.1 Å². The summed E-state index contributed by atoms with van der Waals surface area (Å²) in [5.74, 6) is -2.50. The maximum Gasteiger partial charge on any atom is 0.305 e. The fraction of sp³-hybridized carbons (Fsp3) is 0.200. The lowest BCUT2D eigenvalue weighted by atomic mass is 10.2. The summed E-state index contributed by atoms with van der Waals surface area (Å²) in [5, 5.41) is 10.6. The smallest absolute Gasteiger partial charge is 0.305 e. The molecule has 1 rings (SSSR count). The SMILES string of the molecule is O=C(O)CCNC(=O)c1c(F)cccc1Cl. The molecule has 1 aromatic rings. The molecule has 2 N–H and O–H groups in total. The lowest BCUT2D eigenvalue weighted by molar-refractivity contribution is -0.136. The number of rotatable bonds is 4. The molecule has 0 fully saturated rings. The van der Waals surface area contributed by atoms with Crippen LogP contribution in [0.25, 0.3) is 0 Å². The lowest BCUT2D eigenvalue weighted by Crippen LogP contribution is -2.27. The van der Waals surface area contributed by atoms with Gasteiger partial charge in [0.15, 0.2) is 0 Å². The van der Waals surface area contributed by atoms with Crippen LogP contribution in [0.5, 0.6) is 0 Å². The minimum absolute atomic E-state index is 0.00664. The van der Waals surface area contributed by atoms with Crippen molar-refractivity contribution in [2.75, 3.05) is 6.54 Å². The zero-order valence-corrected chi connectivity index (χ0v) is 8.92. The first kappa shape index (κ1) is 12.4. The molecule has 0 spiro atoms. The lowest BCUT2D eigenvalue weighted by Gasteiger charge is -2.06. The predicted octanol–water partition coefficient (Wildman–Crippen LogP) is 1.68. The van der Waals surface area contributed by atoms with E-state index < -0.39 is 17.7 Å². The van der Waals surface area contributed by atoms with Gasteiger partial charge < -0.3 is 10.4 Å². The standard InChI is InChI=1S/C10H9ClFNO3/c11-6-2-1-3-7(12)9(6)10(16)13-5-4-8(14)15/h1-3H,4-5H2,(H,13,16)(H,14,15). The summed E-state index contributed by atoms with van der Waals surface area (Å²) in [6, 6.07) is 3.88. The van der Waals surface area contributed by atoms with Gasteiger partial charge in [0.05, 0.1) is 17.0 Å². The second-order valence-electron chi connectivity index (χ2n) is 3.00. The summed E-state index contributed by atoms with van der Waals surface area (Å²) in [6.45, 7) is -0.0706. The molecule has 0 bridgehead atoms. The number of carbonyl (C=O) groups is 2. The fourth-order valence-corrected chi connectivity index (χ4v) is 1.33. The van der Waals surface area contributed by atoms with Gasteiger partial charge in [-0.05, 0) is 12.1 Å². The third-order valence-corrected chi connectivity index (χ3v) is 2.13. The number of carboxylic acid groups (broad SMARTS) is 1. The average Bonchev–Trinajstić information content (AvgIpc) is 2.16. The summed E-state index contributed by atoms with van der Waals surface area (Å²) in [6.07, 6.45) is -0.224. The maximum absolute atomic E-state index is 13.2. The van der Waals surface area contributed by atoms with Gasteiger partial charge in [-0.25, -0.2) is 4.39 Å². The van der Waals surface area contributed by atoms with Crippen LogP contribution in [-0.2, 0) is 4.79 Å². The molecule has 86 valence electrons. The van der Waals surface area contributed by atoms with E-state index in [4.69, 9.17) is 16.7 Å². The van der Waals surface area contributed by atoms with E-state index in [0.717, 1.165) is 6.07 Å².